The van der Waals surface area contributed by atoms with Crippen LogP contribution in [-0.4, -0.2) is 53.8 Å². The molecular weight excluding hydrogens is 409 g/mol. The van der Waals surface area contributed by atoms with E-state index >= 15 is 0 Å². The molecule has 2 amide bonds. The normalized spacial score (nSPS) is 20.8. The molecule has 7 heteroatoms. The van der Waals surface area contributed by atoms with Gasteiger partial charge in [0.25, 0.3) is 5.91 Å². The third-order valence-corrected chi connectivity index (χ3v) is 5.73. The van der Waals surface area contributed by atoms with E-state index in [0.29, 0.717) is 15.7 Å². The number of nitrogens with zero attached hydrogens (tertiary/aromatic N) is 3. The molecule has 2 heterocycles. The zero-order valence-corrected chi connectivity index (χ0v) is 17.3. The lowest BCUT2D eigenvalue weighted by molar-refractivity contribution is -0.123. The molecule has 2 fully saturated rings. The Kier molecular flexibility index (Phi) is 5.90. The van der Waals surface area contributed by atoms with Crippen LogP contribution in [0.1, 0.15) is 12.0 Å². The van der Waals surface area contributed by atoms with Crippen molar-refractivity contribution in [2.24, 2.45) is 0 Å². The minimum atomic E-state index is -0.430. The zero-order valence-electron chi connectivity index (χ0n) is 15.8. The molecule has 5 nitrogen and oxygen atoms in total. The highest BCUT2D eigenvalue weighted by Crippen LogP contribution is 2.31. The number of rotatable bonds is 4. The number of carbonyl (C=O) groups excluding carboxylic acids is 2. The van der Waals surface area contributed by atoms with Crippen molar-refractivity contribution in [3.63, 3.8) is 0 Å². The molecule has 2 saturated heterocycles. The second-order valence-corrected chi connectivity index (χ2v) is 8.09. The van der Waals surface area contributed by atoms with E-state index in [1.807, 2.05) is 18.2 Å². The molecular formula is C22H21Cl2N3O2. The Balaban J connectivity index is 1.39. The Labute approximate surface area is 180 Å². The van der Waals surface area contributed by atoms with Gasteiger partial charge in [-0.1, -0.05) is 53.5 Å². The third kappa shape index (κ3) is 4.47. The SMILES string of the molecule is O=C1CC(N2CCN(/C=C/c3ccccc3)CC2)C(=O)N1c1cc(Cl)cc(Cl)c1. The summed E-state index contributed by atoms with van der Waals surface area (Å²) >= 11 is 12.1. The van der Waals surface area contributed by atoms with Crippen LogP contribution < -0.4 is 4.90 Å². The quantitative estimate of drug-likeness (QED) is 0.690. The molecule has 0 aliphatic carbocycles. The molecule has 0 spiro atoms. The van der Waals surface area contributed by atoms with Crippen LogP contribution in [0.2, 0.25) is 10.0 Å². The molecule has 0 saturated carbocycles. The van der Waals surface area contributed by atoms with E-state index in [2.05, 4.69) is 34.2 Å². The topological polar surface area (TPSA) is 43.9 Å². The second-order valence-electron chi connectivity index (χ2n) is 7.21. The molecule has 2 aliphatic rings. The summed E-state index contributed by atoms with van der Waals surface area (Å²) < 4.78 is 0. The largest absolute Gasteiger partial charge is 0.375 e. The van der Waals surface area contributed by atoms with Gasteiger partial charge in [0.05, 0.1) is 18.2 Å². The van der Waals surface area contributed by atoms with Crippen molar-refractivity contribution < 1.29 is 9.59 Å². The summed E-state index contributed by atoms with van der Waals surface area (Å²) in [6, 6.07) is 14.5. The predicted molar refractivity (Wildman–Crippen MR) is 116 cm³/mol. The van der Waals surface area contributed by atoms with E-state index in [0.717, 1.165) is 31.7 Å². The number of hydrogen-bond donors (Lipinski definition) is 0. The van der Waals surface area contributed by atoms with Crippen molar-refractivity contribution in [1.29, 1.82) is 0 Å². The molecule has 0 aromatic heterocycles. The van der Waals surface area contributed by atoms with Gasteiger partial charge in [0.2, 0.25) is 5.91 Å². The van der Waals surface area contributed by atoms with E-state index in [-0.39, 0.29) is 18.2 Å². The fraction of sp³-hybridized carbons (Fsp3) is 0.273. The van der Waals surface area contributed by atoms with Crippen molar-refractivity contribution in [2.75, 3.05) is 31.1 Å². The lowest BCUT2D eigenvalue weighted by Gasteiger charge is -2.36. The van der Waals surface area contributed by atoms with Crippen LogP contribution in [0.25, 0.3) is 6.08 Å². The first-order chi connectivity index (χ1) is 14.0. The highest BCUT2D eigenvalue weighted by Gasteiger charge is 2.43. The Morgan fingerprint density at radius 3 is 2.21 bits per heavy atom. The summed E-state index contributed by atoms with van der Waals surface area (Å²) in [6.07, 6.45) is 4.36. The maximum atomic E-state index is 13.0. The first-order valence-corrected chi connectivity index (χ1v) is 10.3. The summed E-state index contributed by atoms with van der Waals surface area (Å²) in [5, 5.41) is 0.797. The van der Waals surface area contributed by atoms with Crippen molar-refractivity contribution in [2.45, 2.75) is 12.5 Å². The Bertz CT molecular complexity index is 920. The van der Waals surface area contributed by atoms with Gasteiger partial charge in [-0.3, -0.25) is 14.5 Å². The van der Waals surface area contributed by atoms with Gasteiger partial charge in [-0.15, -0.1) is 0 Å². The molecule has 0 radical (unpaired) electrons. The van der Waals surface area contributed by atoms with Crippen LogP contribution >= 0.6 is 23.2 Å². The highest BCUT2D eigenvalue weighted by molar-refractivity contribution is 6.35. The summed E-state index contributed by atoms with van der Waals surface area (Å²) in [6.45, 7) is 3.08. The van der Waals surface area contributed by atoms with Crippen LogP contribution in [0.15, 0.2) is 54.7 Å². The van der Waals surface area contributed by atoms with E-state index in [1.165, 1.54) is 4.90 Å². The number of piperazine rings is 1. The van der Waals surface area contributed by atoms with Crippen LogP contribution in [0, 0.1) is 0 Å². The van der Waals surface area contributed by atoms with Gasteiger partial charge in [0.15, 0.2) is 0 Å². The molecule has 2 aliphatic heterocycles. The Morgan fingerprint density at radius 2 is 1.55 bits per heavy atom. The van der Waals surface area contributed by atoms with E-state index in [1.54, 1.807) is 18.2 Å². The minimum Gasteiger partial charge on any atom is -0.375 e. The second kappa shape index (κ2) is 8.57. The number of carbonyl (C=O) groups is 2. The molecule has 1 unspecified atom stereocenters. The van der Waals surface area contributed by atoms with Crippen LogP contribution in [0.3, 0.4) is 0 Å². The van der Waals surface area contributed by atoms with Crippen molar-refractivity contribution >= 4 is 46.8 Å². The summed E-state index contributed by atoms with van der Waals surface area (Å²) in [4.78, 5) is 31.1. The lowest BCUT2D eigenvalue weighted by Crippen LogP contribution is -2.51. The van der Waals surface area contributed by atoms with Crippen LogP contribution in [0.4, 0.5) is 5.69 Å². The van der Waals surface area contributed by atoms with Crippen molar-refractivity contribution in [3.8, 4) is 0 Å². The number of hydrogen-bond acceptors (Lipinski definition) is 4. The maximum absolute atomic E-state index is 13.0. The number of amides is 2. The summed E-state index contributed by atoms with van der Waals surface area (Å²) in [5.74, 6) is -0.425. The smallest absolute Gasteiger partial charge is 0.251 e. The molecule has 4 rings (SSSR count). The van der Waals surface area contributed by atoms with Gasteiger partial charge in [-0.2, -0.15) is 0 Å². The van der Waals surface area contributed by atoms with E-state index < -0.39 is 6.04 Å². The first-order valence-electron chi connectivity index (χ1n) is 9.55. The first kappa shape index (κ1) is 20.0. The zero-order chi connectivity index (χ0) is 20.4. The van der Waals surface area contributed by atoms with Crippen LogP contribution in [0.5, 0.6) is 0 Å². The molecule has 0 N–H and O–H groups in total. The average Bonchev–Trinajstić information content (AvgIpc) is 3.01. The Hall–Kier alpha value is -2.34. The third-order valence-electron chi connectivity index (χ3n) is 5.30. The standard InChI is InChI=1S/C22H21Cl2N3O2/c23-17-12-18(24)14-19(13-17)27-21(28)15-20(22(27)29)26-10-8-25(9-11-26)7-6-16-4-2-1-3-5-16/h1-7,12-14,20H,8-11,15H2/b7-6+. The van der Waals surface area contributed by atoms with Crippen LogP contribution in [-0.2, 0) is 9.59 Å². The monoisotopic (exact) mass is 429 g/mol. The number of imide groups is 1. The molecule has 150 valence electrons. The number of anilines is 1. The van der Waals surface area contributed by atoms with Gasteiger partial charge in [0, 0.05) is 36.2 Å². The van der Waals surface area contributed by atoms with Crippen molar-refractivity contribution in [3.05, 3.63) is 70.3 Å². The predicted octanol–water partition coefficient (Wildman–Crippen LogP) is 3.91. The Morgan fingerprint density at radius 1 is 0.897 bits per heavy atom. The molecule has 29 heavy (non-hydrogen) atoms. The van der Waals surface area contributed by atoms with Gasteiger partial charge in [-0.25, -0.2) is 4.90 Å². The molecule has 0 bridgehead atoms. The summed E-state index contributed by atoms with van der Waals surface area (Å²) in [5.41, 5.74) is 1.59. The van der Waals surface area contributed by atoms with E-state index in [4.69, 9.17) is 23.2 Å². The lowest BCUT2D eigenvalue weighted by atomic mass is 10.1. The fourth-order valence-electron chi connectivity index (χ4n) is 3.79. The molecule has 2 aromatic carbocycles. The van der Waals surface area contributed by atoms with E-state index in [9.17, 15) is 9.59 Å². The minimum absolute atomic E-state index is 0.183. The average molecular weight is 430 g/mol. The number of benzene rings is 2. The summed E-state index contributed by atoms with van der Waals surface area (Å²) in [7, 11) is 0. The molecule has 1 atom stereocenters. The van der Waals surface area contributed by atoms with Gasteiger partial charge < -0.3 is 4.90 Å². The van der Waals surface area contributed by atoms with Crippen molar-refractivity contribution in [1.82, 2.24) is 9.80 Å². The van der Waals surface area contributed by atoms with Gasteiger partial charge in [-0.05, 0) is 36.0 Å². The number of halogens is 2. The highest BCUT2D eigenvalue weighted by atomic mass is 35.5. The molecule has 2 aromatic rings. The van der Waals surface area contributed by atoms with Gasteiger partial charge >= 0.3 is 0 Å². The maximum Gasteiger partial charge on any atom is 0.251 e. The fourth-order valence-corrected chi connectivity index (χ4v) is 4.31. The van der Waals surface area contributed by atoms with Gasteiger partial charge in [0.1, 0.15) is 0 Å².